The van der Waals surface area contributed by atoms with Crippen molar-refractivity contribution >= 4 is 29.8 Å². The maximum atomic E-state index is 14.0. The number of carboxylic acid groups (broad SMARTS) is 1. The van der Waals surface area contributed by atoms with Gasteiger partial charge in [-0.1, -0.05) is 87.5 Å². The fraction of sp³-hybridized carbons (Fsp3) is 0.475. The molecule has 1 heterocycles. The van der Waals surface area contributed by atoms with Crippen LogP contribution in [-0.4, -0.2) is 99.8 Å². The number of nitrogens with one attached hydrogen (secondary N) is 2. The van der Waals surface area contributed by atoms with E-state index in [0.717, 1.165) is 16.7 Å². The number of amides is 4. The largest absolute Gasteiger partial charge is 0.479 e. The summed E-state index contributed by atoms with van der Waals surface area (Å²) in [6.45, 7) is 9.33. The van der Waals surface area contributed by atoms with Gasteiger partial charge in [0.05, 0.1) is 18.7 Å². The van der Waals surface area contributed by atoms with Gasteiger partial charge in [-0.05, 0) is 53.9 Å². The number of urea groups is 1. The summed E-state index contributed by atoms with van der Waals surface area (Å²) >= 11 is 0. The topological polar surface area (TPSA) is 166 Å². The van der Waals surface area contributed by atoms with Gasteiger partial charge in [0.1, 0.15) is 17.7 Å². The first-order chi connectivity index (χ1) is 24.6. The van der Waals surface area contributed by atoms with Crippen molar-refractivity contribution in [1.82, 2.24) is 20.4 Å². The second-order valence-electron chi connectivity index (χ2n) is 15.2. The van der Waals surface area contributed by atoms with Crippen molar-refractivity contribution in [2.75, 3.05) is 20.1 Å². The third kappa shape index (κ3) is 8.55. The summed E-state index contributed by atoms with van der Waals surface area (Å²) in [4.78, 5) is 69.2. The molecule has 2 fully saturated rings. The van der Waals surface area contributed by atoms with E-state index in [1.165, 1.54) is 22.0 Å². The zero-order valence-corrected chi connectivity index (χ0v) is 30.3. The van der Waals surface area contributed by atoms with E-state index in [-0.39, 0.29) is 31.1 Å². The third-order valence-electron chi connectivity index (χ3n) is 10.4. The number of hydrogen-bond acceptors (Lipinski definition) is 7. The second kappa shape index (κ2) is 15.7. The molecule has 1 saturated heterocycles. The van der Waals surface area contributed by atoms with Crippen LogP contribution in [0.3, 0.4) is 0 Å². The van der Waals surface area contributed by atoms with Gasteiger partial charge < -0.3 is 35.4 Å². The number of likely N-dealkylation sites (N-methyl/N-ethyl adjacent to an activating group) is 1. The van der Waals surface area contributed by atoms with Crippen molar-refractivity contribution in [3.63, 3.8) is 0 Å². The number of aliphatic hydroxyl groups excluding tert-OH is 1. The van der Waals surface area contributed by atoms with Crippen LogP contribution in [0.25, 0.3) is 0 Å². The normalized spacial score (nSPS) is 25.6. The molecule has 4 amide bonds. The first-order valence-corrected chi connectivity index (χ1v) is 17.8. The van der Waals surface area contributed by atoms with Crippen LogP contribution >= 0.6 is 0 Å². The molecule has 278 valence electrons. The van der Waals surface area contributed by atoms with Crippen molar-refractivity contribution in [2.24, 2.45) is 11.3 Å². The minimum absolute atomic E-state index is 0.0643. The predicted octanol–water partition coefficient (Wildman–Crippen LogP) is 4.23. The standard InChI is InChI=1S/C40H50N4O8/c1-6-27-23-40(27,36(48)49)42-35(47)31-22-28(52-38(51)43(5)20-19-25-13-8-7-9-14-25)24-44(31)37(50)41-34(39(2,3)4)32(45)18-12-17-30-29-16-11-10-15-26(29)21-33(30)46/h6-16,18,27-28,30-31,33-34,46H,1,17,19-24H2,2-5H3,(H,41,50)(H,42,47)(H,48,49)/b18-12+/t27-,28-,30+,31+,33-,34-,40-/m1/s1. The van der Waals surface area contributed by atoms with Crippen LogP contribution in [0, 0.1) is 11.3 Å². The lowest BCUT2D eigenvalue weighted by atomic mass is 9.83. The van der Waals surface area contributed by atoms with Crippen LogP contribution in [0.1, 0.15) is 62.6 Å². The smallest absolute Gasteiger partial charge is 0.409 e. The molecule has 2 aromatic rings. The van der Waals surface area contributed by atoms with Gasteiger partial charge in [0.15, 0.2) is 5.78 Å². The molecule has 12 nitrogen and oxygen atoms in total. The Bertz CT molecular complexity index is 1700. The van der Waals surface area contributed by atoms with Gasteiger partial charge in [0.25, 0.3) is 0 Å². The Hall–Kier alpha value is -4.97. The Morgan fingerprint density at radius 1 is 1.10 bits per heavy atom. The zero-order chi connectivity index (χ0) is 37.8. The number of fused-ring (bicyclic) bond motifs is 1. The quantitative estimate of drug-likeness (QED) is 0.177. The van der Waals surface area contributed by atoms with Crippen molar-refractivity contribution in [3.8, 4) is 0 Å². The molecular weight excluding hydrogens is 664 g/mol. The van der Waals surface area contributed by atoms with Crippen LogP contribution in [0.4, 0.5) is 9.59 Å². The van der Waals surface area contributed by atoms with Crippen molar-refractivity contribution in [1.29, 1.82) is 0 Å². The Morgan fingerprint density at radius 3 is 2.44 bits per heavy atom. The molecule has 7 atom stereocenters. The number of carbonyl (C=O) groups excluding carboxylic acids is 4. The number of ether oxygens (including phenoxy) is 1. The highest BCUT2D eigenvalue weighted by Gasteiger charge is 2.61. The molecule has 3 aliphatic rings. The number of hydrogen-bond donors (Lipinski definition) is 4. The zero-order valence-electron chi connectivity index (χ0n) is 30.3. The third-order valence-corrected chi connectivity index (χ3v) is 10.4. The lowest BCUT2D eigenvalue weighted by Gasteiger charge is -2.33. The number of likely N-dealkylation sites (tertiary alicyclic amines) is 1. The Morgan fingerprint density at radius 2 is 1.79 bits per heavy atom. The second-order valence-corrected chi connectivity index (χ2v) is 15.2. The Labute approximate surface area is 304 Å². The fourth-order valence-electron chi connectivity index (χ4n) is 7.23. The lowest BCUT2D eigenvalue weighted by Crippen LogP contribution is -2.57. The van der Waals surface area contributed by atoms with Crippen LogP contribution < -0.4 is 10.6 Å². The van der Waals surface area contributed by atoms with Crippen LogP contribution in [0.15, 0.2) is 79.4 Å². The lowest BCUT2D eigenvalue weighted by molar-refractivity contribution is -0.144. The maximum absolute atomic E-state index is 14.0. The summed E-state index contributed by atoms with van der Waals surface area (Å²) in [6, 6.07) is 14.6. The number of aliphatic hydroxyl groups is 1. The van der Waals surface area contributed by atoms with Gasteiger partial charge in [0.2, 0.25) is 5.91 Å². The van der Waals surface area contributed by atoms with Gasteiger partial charge in [0, 0.05) is 31.8 Å². The molecule has 2 aliphatic carbocycles. The van der Waals surface area contributed by atoms with E-state index in [9.17, 15) is 34.2 Å². The molecule has 1 aliphatic heterocycles. The summed E-state index contributed by atoms with van der Waals surface area (Å²) in [5.74, 6) is -2.89. The molecular formula is C40H50N4O8. The van der Waals surface area contributed by atoms with Gasteiger partial charge >= 0.3 is 18.1 Å². The molecule has 0 unspecified atom stereocenters. The number of aliphatic carboxylic acids is 1. The van der Waals surface area contributed by atoms with Crippen molar-refractivity contribution in [3.05, 3.63) is 96.1 Å². The molecule has 5 rings (SSSR count). The first kappa shape index (κ1) is 38.3. The van der Waals surface area contributed by atoms with E-state index in [1.54, 1.807) is 13.1 Å². The van der Waals surface area contributed by atoms with Crippen molar-refractivity contribution < 1.29 is 38.9 Å². The van der Waals surface area contributed by atoms with Crippen molar-refractivity contribution in [2.45, 2.75) is 88.6 Å². The average Bonchev–Trinajstić information content (AvgIpc) is 3.51. The highest BCUT2D eigenvalue weighted by Crippen LogP contribution is 2.45. The fourth-order valence-corrected chi connectivity index (χ4v) is 7.23. The molecule has 0 aromatic heterocycles. The summed E-state index contributed by atoms with van der Waals surface area (Å²) in [7, 11) is 1.60. The summed E-state index contributed by atoms with van der Waals surface area (Å²) < 4.78 is 5.77. The number of nitrogens with zero attached hydrogens (tertiary/aromatic N) is 2. The highest BCUT2D eigenvalue weighted by atomic mass is 16.6. The highest BCUT2D eigenvalue weighted by molar-refractivity contribution is 5.98. The Kier molecular flexibility index (Phi) is 11.6. The van der Waals surface area contributed by atoms with E-state index in [1.807, 2.05) is 75.4 Å². The van der Waals surface area contributed by atoms with Crippen LogP contribution in [-0.2, 0) is 32.0 Å². The van der Waals surface area contributed by atoms with E-state index >= 15 is 0 Å². The van der Waals surface area contributed by atoms with E-state index in [0.29, 0.717) is 25.8 Å². The number of benzene rings is 2. The minimum atomic E-state index is -1.53. The molecule has 52 heavy (non-hydrogen) atoms. The number of carbonyl (C=O) groups is 5. The molecule has 12 heteroatoms. The summed E-state index contributed by atoms with van der Waals surface area (Å²) in [5, 5.41) is 26.0. The monoisotopic (exact) mass is 714 g/mol. The predicted molar refractivity (Wildman–Crippen MR) is 194 cm³/mol. The minimum Gasteiger partial charge on any atom is -0.479 e. The molecule has 0 spiro atoms. The van der Waals surface area contributed by atoms with E-state index < -0.39 is 65.2 Å². The molecule has 1 saturated carbocycles. The maximum Gasteiger partial charge on any atom is 0.409 e. The SMILES string of the molecule is C=C[C@@H]1C[C@]1(NC(=O)[C@@H]1C[C@@H](OC(=O)N(C)CCc2ccccc2)CN1C(=O)N[C@H](C(=O)/C=C/C[C@H]1c2ccccc2C[C@H]1O)C(C)(C)C)C(=O)O. The number of allylic oxidation sites excluding steroid dienone is 1. The summed E-state index contributed by atoms with van der Waals surface area (Å²) in [6.07, 6.45) is 4.26. The van der Waals surface area contributed by atoms with Crippen LogP contribution in [0.5, 0.6) is 0 Å². The average molecular weight is 715 g/mol. The van der Waals surface area contributed by atoms with Gasteiger partial charge in [-0.15, -0.1) is 6.58 Å². The molecule has 2 aromatic carbocycles. The van der Waals surface area contributed by atoms with Crippen LogP contribution in [0.2, 0.25) is 0 Å². The Balaban J connectivity index is 1.28. The van der Waals surface area contributed by atoms with E-state index in [2.05, 4.69) is 17.2 Å². The van der Waals surface area contributed by atoms with E-state index in [4.69, 9.17) is 4.74 Å². The van der Waals surface area contributed by atoms with Gasteiger partial charge in [-0.3, -0.25) is 9.59 Å². The molecule has 4 N–H and O–H groups in total. The first-order valence-electron chi connectivity index (χ1n) is 17.8. The molecule has 0 radical (unpaired) electrons. The summed E-state index contributed by atoms with van der Waals surface area (Å²) in [5.41, 5.74) is 0.920. The van der Waals surface area contributed by atoms with Gasteiger partial charge in [-0.25, -0.2) is 14.4 Å². The number of ketones is 1. The van der Waals surface area contributed by atoms with Gasteiger partial charge in [-0.2, -0.15) is 0 Å². The number of carboxylic acids is 1. The number of rotatable bonds is 13. The molecule has 0 bridgehead atoms.